The Hall–Kier alpha value is -1.69. The van der Waals surface area contributed by atoms with E-state index in [1.807, 2.05) is 55.5 Å². The lowest BCUT2D eigenvalue weighted by atomic mass is 9.99. The van der Waals surface area contributed by atoms with Gasteiger partial charge in [-0.3, -0.25) is 9.69 Å². The van der Waals surface area contributed by atoms with E-state index in [0.717, 1.165) is 47.7 Å². The van der Waals surface area contributed by atoms with Crippen molar-refractivity contribution in [2.75, 3.05) is 38.2 Å². The Labute approximate surface area is 211 Å². The minimum atomic E-state index is -0.183. The summed E-state index contributed by atoms with van der Waals surface area (Å²) in [7, 11) is 1.60. The van der Waals surface area contributed by atoms with Crippen LogP contribution in [0.25, 0.3) is 10.8 Å². The van der Waals surface area contributed by atoms with Crippen LogP contribution in [0.15, 0.2) is 54.6 Å². The molecule has 1 unspecified atom stereocenters. The van der Waals surface area contributed by atoms with Gasteiger partial charge in [0.15, 0.2) is 5.78 Å². The molecule has 3 aromatic carbocycles. The van der Waals surface area contributed by atoms with Gasteiger partial charge in [0, 0.05) is 47.8 Å². The van der Waals surface area contributed by atoms with Crippen molar-refractivity contribution in [3.05, 3.63) is 70.2 Å². The number of fused-ring (bicyclic) bond motifs is 1. The summed E-state index contributed by atoms with van der Waals surface area (Å²) in [6.45, 7) is 5.38. The molecule has 4 rings (SSSR count). The zero-order chi connectivity index (χ0) is 21.3. The molecule has 1 fully saturated rings. The standard InChI is InChI=1S/C24H24Cl2N2O2.2ClH/c1-16(27-10-12-28(13-11-27)20-5-3-4-19(25)15-20)24(29)18-6-8-21-17(14-18)7-9-22(30-2)23(21)26;;/h3-9,14-16H,10-13H2,1-2H3;2*1H. The van der Waals surface area contributed by atoms with Gasteiger partial charge in [0.25, 0.3) is 0 Å². The summed E-state index contributed by atoms with van der Waals surface area (Å²) >= 11 is 12.5. The maximum Gasteiger partial charge on any atom is 0.179 e. The molecule has 3 aromatic rings. The van der Waals surface area contributed by atoms with Gasteiger partial charge in [0.1, 0.15) is 5.75 Å². The molecule has 0 aliphatic carbocycles. The Bertz CT molecular complexity index is 1080. The van der Waals surface area contributed by atoms with E-state index in [0.29, 0.717) is 16.3 Å². The zero-order valence-corrected chi connectivity index (χ0v) is 21.0. The fourth-order valence-corrected chi connectivity index (χ4v) is 4.53. The van der Waals surface area contributed by atoms with E-state index in [1.54, 1.807) is 7.11 Å². The minimum absolute atomic E-state index is 0. The lowest BCUT2D eigenvalue weighted by Crippen LogP contribution is -2.51. The molecule has 4 nitrogen and oxygen atoms in total. The molecule has 1 heterocycles. The normalized spacial score (nSPS) is 14.9. The van der Waals surface area contributed by atoms with Crippen molar-refractivity contribution in [2.24, 2.45) is 0 Å². The van der Waals surface area contributed by atoms with Crippen LogP contribution in [0.4, 0.5) is 5.69 Å². The Balaban J connectivity index is 0.00000181. The van der Waals surface area contributed by atoms with E-state index in [-0.39, 0.29) is 36.6 Å². The van der Waals surface area contributed by atoms with Crippen LogP contribution in [0.2, 0.25) is 10.0 Å². The van der Waals surface area contributed by atoms with Gasteiger partial charge >= 0.3 is 0 Å². The Morgan fingerprint density at radius 2 is 1.69 bits per heavy atom. The summed E-state index contributed by atoms with van der Waals surface area (Å²) in [5.41, 5.74) is 1.83. The molecule has 32 heavy (non-hydrogen) atoms. The van der Waals surface area contributed by atoms with Crippen LogP contribution in [0.1, 0.15) is 17.3 Å². The van der Waals surface area contributed by atoms with Crippen molar-refractivity contribution in [3.63, 3.8) is 0 Å². The van der Waals surface area contributed by atoms with Crippen molar-refractivity contribution < 1.29 is 9.53 Å². The van der Waals surface area contributed by atoms with Gasteiger partial charge in [-0.2, -0.15) is 0 Å². The predicted molar refractivity (Wildman–Crippen MR) is 139 cm³/mol. The third kappa shape index (κ3) is 5.44. The summed E-state index contributed by atoms with van der Waals surface area (Å²) in [6, 6.07) is 17.2. The highest BCUT2D eigenvalue weighted by molar-refractivity contribution is 6.37. The van der Waals surface area contributed by atoms with E-state index < -0.39 is 0 Å². The van der Waals surface area contributed by atoms with Crippen LogP contribution in [0, 0.1) is 0 Å². The van der Waals surface area contributed by atoms with Crippen molar-refractivity contribution >= 4 is 70.3 Å². The molecule has 0 N–H and O–H groups in total. The molecule has 0 bridgehead atoms. The summed E-state index contributed by atoms with van der Waals surface area (Å²) in [6.07, 6.45) is 0. The fourth-order valence-electron chi connectivity index (χ4n) is 4.03. The number of methoxy groups -OCH3 is 1. The van der Waals surface area contributed by atoms with Gasteiger partial charge in [-0.15, -0.1) is 24.8 Å². The number of halogens is 4. The van der Waals surface area contributed by atoms with E-state index in [1.165, 1.54) is 0 Å². The lowest BCUT2D eigenvalue weighted by Gasteiger charge is -2.38. The Morgan fingerprint density at radius 1 is 0.969 bits per heavy atom. The van der Waals surface area contributed by atoms with E-state index in [2.05, 4.69) is 15.9 Å². The smallest absolute Gasteiger partial charge is 0.179 e. The second kappa shape index (κ2) is 11.4. The van der Waals surface area contributed by atoms with Crippen LogP contribution in [0.3, 0.4) is 0 Å². The molecule has 1 aliphatic rings. The number of carbonyl (C=O) groups is 1. The monoisotopic (exact) mass is 514 g/mol. The summed E-state index contributed by atoms with van der Waals surface area (Å²) in [5, 5.41) is 3.13. The molecule has 172 valence electrons. The van der Waals surface area contributed by atoms with Gasteiger partial charge in [-0.25, -0.2) is 0 Å². The van der Waals surface area contributed by atoms with Crippen LogP contribution >= 0.6 is 48.0 Å². The number of hydrogen-bond acceptors (Lipinski definition) is 4. The van der Waals surface area contributed by atoms with E-state index in [4.69, 9.17) is 27.9 Å². The van der Waals surface area contributed by atoms with Crippen LogP contribution in [0.5, 0.6) is 5.75 Å². The van der Waals surface area contributed by atoms with Crippen molar-refractivity contribution in [1.82, 2.24) is 4.90 Å². The number of Topliss-reactive ketones (excluding diaryl/α,β-unsaturated/α-hetero) is 1. The number of ketones is 1. The van der Waals surface area contributed by atoms with Crippen LogP contribution in [-0.4, -0.2) is 50.0 Å². The third-order valence-electron chi connectivity index (χ3n) is 5.84. The fraction of sp³-hybridized carbons (Fsp3) is 0.292. The molecule has 0 radical (unpaired) electrons. The SMILES string of the molecule is COc1ccc2cc(C(=O)C(C)N3CCN(c4cccc(Cl)c4)CC3)ccc2c1Cl.Cl.Cl. The van der Waals surface area contributed by atoms with Crippen LogP contribution < -0.4 is 9.64 Å². The lowest BCUT2D eigenvalue weighted by molar-refractivity contribution is 0.0830. The van der Waals surface area contributed by atoms with E-state index in [9.17, 15) is 4.79 Å². The second-order valence-electron chi connectivity index (χ2n) is 7.56. The molecular weight excluding hydrogens is 490 g/mol. The number of ether oxygens (including phenoxy) is 1. The molecule has 1 atom stereocenters. The maximum atomic E-state index is 13.2. The largest absolute Gasteiger partial charge is 0.495 e. The quantitative estimate of drug-likeness (QED) is 0.368. The van der Waals surface area contributed by atoms with E-state index >= 15 is 0 Å². The number of benzene rings is 3. The minimum Gasteiger partial charge on any atom is -0.495 e. The average Bonchev–Trinajstić information content (AvgIpc) is 2.78. The highest BCUT2D eigenvalue weighted by Crippen LogP contribution is 2.33. The zero-order valence-electron chi connectivity index (χ0n) is 17.9. The molecule has 0 spiro atoms. The van der Waals surface area contributed by atoms with Gasteiger partial charge in [-0.05, 0) is 42.6 Å². The first-order valence-corrected chi connectivity index (χ1v) is 10.8. The second-order valence-corrected chi connectivity index (χ2v) is 8.38. The number of carbonyl (C=O) groups excluding carboxylic acids is 1. The maximum absolute atomic E-state index is 13.2. The molecule has 0 saturated carbocycles. The number of rotatable bonds is 5. The first-order valence-electron chi connectivity index (χ1n) is 10.0. The molecule has 0 amide bonds. The van der Waals surface area contributed by atoms with Crippen LogP contribution in [-0.2, 0) is 0 Å². The van der Waals surface area contributed by atoms with Gasteiger partial charge in [0.05, 0.1) is 18.2 Å². The number of nitrogens with zero attached hydrogens (tertiary/aromatic N) is 2. The summed E-state index contributed by atoms with van der Waals surface area (Å²) in [5.74, 6) is 0.759. The highest BCUT2D eigenvalue weighted by atomic mass is 35.5. The predicted octanol–water partition coefficient (Wildman–Crippen LogP) is 6.39. The molecular formula is C24H26Cl4N2O2. The number of piperazine rings is 1. The number of hydrogen-bond donors (Lipinski definition) is 0. The van der Waals surface area contributed by atoms with Crippen molar-refractivity contribution in [2.45, 2.75) is 13.0 Å². The first-order chi connectivity index (χ1) is 14.5. The van der Waals surface area contributed by atoms with Crippen molar-refractivity contribution in [1.29, 1.82) is 0 Å². The highest BCUT2D eigenvalue weighted by Gasteiger charge is 2.26. The first kappa shape index (κ1) is 26.6. The van der Waals surface area contributed by atoms with Gasteiger partial charge in [-0.1, -0.05) is 47.5 Å². The average molecular weight is 516 g/mol. The Kier molecular flexibility index (Phi) is 9.50. The summed E-state index contributed by atoms with van der Waals surface area (Å²) in [4.78, 5) is 17.7. The molecule has 1 saturated heterocycles. The van der Waals surface area contributed by atoms with Gasteiger partial charge < -0.3 is 9.64 Å². The number of anilines is 1. The topological polar surface area (TPSA) is 32.8 Å². The Morgan fingerprint density at radius 3 is 2.34 bits per heavy atom. The van der Waals surface area contributed by atoms with Crippen molar-refractivity contribution in [3.8, 4) is 5.75 Å². The summed E-state index contributed by atoms with van der Waals surface area (Å²) < 4.78 is 5.28. The molecule has 8 heteroatoms. The van der Waals surface area contributed by atoms with Gasteiger partial charge in [0.2, 0.25) is 0 Å². The third-order valence-corrected chi connectivity index (χ3v) is 6.46. The molecule has 0 aromatic heterocycles. The molecule has 1 aliphatic heterocycles.